The molecule has 1 aromatic rings. The zero-order chi connectivity index (χ0) is 16.3. The monoisotopic (exact) mass is 316 g/mol. The molecule has 1 unspecified atom stereocenters. The molecular weight excluding hydrogens is 288 g/mol. The lowest BCUT2D eigenvalue weighted by Gasteiger charge is -2.36. The lowest BCUT2D eigenvalue weighted by Crippen LogP contribution is -2.43. The SMILES string of the molecule is COc1ccc(C(=O)C2CCN(CC3(C)CCNC3)CC2)cc1. The van der Waals surface area contributed by atoms with E-state index in [4.69, 9.17) is 4.74 Å². The van der Waals surface area contributed by atoms with Crippen molar-refractivity contribution in [3.63, 3.8) is 0 Å². The van der Waals surface area contributed by atoms with Crippen LogP contribution in [-0.4, -0.2) is 50.5 Å². The van der Waals surface area contributed by atoms with E-state index >= 15 is 0 Å². The number of hydrogen-bond acceptors (Lipinski definition) is 4. The van der Waals surface area contributed by atoms with Crippen molar-refractivity contribution in [2.75, 3.05) is 39.8 Å². The van der Waals surface area contributed by atoms with Gasteiger partial charge in [0.15, 0.2) is 5.78 Å². The number of piperidine rings is 1. The molecule has 0 spiro atoms. The van der Waals surface area contributed by atoms with Crippen LogP contribution in [0.2, 0.25) is 0 Å². The minimum absolute atomic E-state index is 0.175. The van der Waals surface area contributed by atoms with Crippen LogP contribution >= 0.6 is 0 Å². The second-order valence-corrected chi connectivity index (χ2v) is 7.38. The van der Waals surface area contributed by atoms with Gasteiger partial charge in [0, 0.05) is 24.6 Å². The van der Waals surface area contributed by atoms with Crippen LogP contribution in [0.1, 0.15) is 36.5 Å². The van der Waals surface area contributed by atoms with Gasteiger partial charge in [-0.2, -0.15) is 0 Å². The number of likely N-dealkylation sites (tertiary alicyclic amines) is 1. The number of nitrogens with one attached hydrogen (secondary N) is 1. The molecule has 23 heavy (non-hydrogen) atoms. The maximum absolute atomic E-state index is 12.6. The lowest BCUT2D eigenvalue weighted by atomic mass is 9.85. The first kappa shape index (κ1) is 16.5. The van der Waals surface area contributed by atoms with Crippen molar-refractivity contribution in [1.82, 2.24) is 10.2 Å². The van der Waals surface area contributed by atoms with Gasteiger partial charge in [0.1, 0.15) is 5.75 Å². The number of carbonyl (C=O) groups excluding carboxylic acids is 1. The number of rotatable bonds is 5. The summed E-state index contributed by atoms with van der Waals surface area (Å²) in [5.41, 5.74) is 1.23. The molecule has 0 amide bonds. The van der Waals surface area contributed by atoms with E-state index in [9.17, 15) is 4.79 Å². The maximum atomic E-state index is 12.6. The normalized spacial score (nSPS) is 26.3. The fourth-order valence-electron chi connectivity index (χ4n) is 3.89. The summed E-state index contributed by atoms with van der Waals surface area (Å²) in [6.07, 6.45) is 3.22. The Labute approximate surface area is 139 Å². The van der Waals surface area contributed by atoms with Crippen molar-refractivity contribution >= 4 is 5.78 Å². The highest BCUT2D eigenvalue weighted by Gasteiger charge is 2.33. The quantitative estimate of drug-likeness (QED) is 0.848. The third-order valence-corrected chi connectivity index (χ3v) is 5.40. The van der Waals surface area contributed by atoms with Crippen LogP contribution in [0.15, 0.2) is 24.3 Å². The number of methoxy groups -OCH3 is 1. The Kier molecular flexibility index (Phi) is 5.02. The lowest BCUT2D eigenvalue weighted by molar-refractivity contribution is 0.0797. The zero-order valence-electron chi connectivity index (χ0n) is 14.3. The molecule has 1 N–H and O–H groups in total. The van der Waals surface area contributed by atoms with Gasteiger partial charge in [-0.3, -0.25) is 4.79 Å². The standard InChI is InChI=1S/C19H28N2O2/c1-19(9-10-20-13-19)14-21-11-7-16(8-12-21)18(22)15-3-5-17(23-2)6-4-15/h3-6,16,20H,7-14H2,1-2H3. The first-order valence-electron chi connectivity index (χ1n) is 8.71. The number of ether oxygens (including phenoxy) is 1. The second-order valence-electron chi connectivity index (χ2n) is 7.38. The minimum Gasteiger partial charge on any atom is -0.497 e. The van der Waals surface area contributed by atoms with Gasteiger partial charge in [-0.1, -0.05) is 6.92 Å². The number of hydrogen-bond donors (Lipinski definition) is 1. The molecule has 2 aliphatic rings. The first-order chi connectivity index (χ1) is 11.1. The molecule has 2 aliphatic heterocycles. The fourth-order valence-corrected chi connectivity index (χ4v) is 3.89. The number of benzene rings is 1. The van der Waals surface area contributed by atoms with Gasteiger partial charge in [0.25, 0.3) is 0 Å². The van der Waals surface area contributed by atoms with Gasteiger partial charge >= 0.3 is 0 Å². The van der Waals surface area contributed by atoms with Gasteiger partial charge in [-0.25, -0.2) is 0 Å². The Morgan fingerprint density at radius 3 is 2.57 bits per heavy atom. The molecule has 0 saturated carbocycles. The fraction of sp³-hybridized carbons (Fsp3) is 0.632. The zero-order valence-corrected chi connectivity index (χ0v) is 14.3. The summed E-state index contributed by atoms with van der Waals surface area (Å²) in [6, 6.07) is 7.52. The van der Waals surface area contributed by atoms with Crippen molar-refractivity contribution in [3.8, 4) is 5.75 Å². The third-order valence-electron chi connectivity index (χ3n) is 5.40. The molecule has 126 valence electrons. The molecule has 4 nitrogen and oxygen atoms in total. The molecule has 0 aliphatic carbocycles. The van der Waals surface area contributed by atoms with Gasteiger partial charge in [-0.05, 0) is 68.6 Å². The van der Waals surface area contributed by atoms with Gasteiger partial charge in [0.05, 0.1) is 7.11 Å². The molecule has 1 atom stereocenters. The molecule has 3 rings (SSSR count). The van der Waals surface area contributed by atoms with Gasteiger partial charge in [-0.15, -0.1) is 0 Å². The van der Waals surface area contributed by atoms with E-state index < -0.39 is 0 Å². The highest BCUT2D eigenvalue weighted by Crippen LogP contribution is 2.29. The van der Waals surface area contributed by atoms with E-state index in [-0.39, 0.29) is 5.92 Å². The average molecular weight is 316 g/mol. The van der Waals surface area contributed by atoms with Crippen LogP contribution in [0.4, 0.5) is 0 Å². The first-order valence-corrected chi connectivity index (χ1v) is 8.71. The van der Waals surface area contributed by atoms with Crippen LogP contribution < -0.4 is 10.1 Å². The van der Waals surface area contributed by atoms with Crippen molar-refractivity contribution in [3.05, 3.63) is 29.8 Å². The van der Waals surface area contributed by atoms with Gasteiger partial charge in [0.2, 0.25) is 0 Å². The predicted octanol–water partition coefficient (Wildman–Crippen LogP) is 2.59. The Morgan fingerprint density at radius 1 is 1.30 bits per heavy atom. The molecule has 2 heterocycles. The summed E-state index contributed by atoms with van der Waals surface area (Å²) >= 11 is 0. The predicted molar refractivity (Wildman–Crippen MR) is 92.1 cm³/mol. The van der Waals surface area contributed by atoms with Crippen LogP contribution in [0.3, 0.4) is 0 Å². The molecule has 0 radical (unpaired) electrons. The number of ketones is 1. The number of nitrogens with zero attached hydrogens (tertiary/aromatic N) is 1. The summed E-state index contributed by atoms with van der Waals surface area (Å²) in [5.74, 6) is 1.27. The molecule has 2 fully saturated rings. The Bertz CT molecular complexity index is 527. The van der Waals surface area contributed by atoms with Crippen LogP contribution in [0.5, 0.6) is 5.75 Å². The minimum atomic E-state index is 0.175. The summed E-state index contributed by atoms with van der Waals surface area (Å²) in [7, 11) is 1.65. The Morgan fingerprint density at radius 2 is 2.00 bits per heavy atom. The average Bonchev–Trinajstić information content (AvgIpc) is 3.01. The van der Waals surface area contributed by atoms with E-state index in [0.29, 0.717) is 11.2 Å². The molecule has 2 saturated heterocycles. The third kappa shape index (κ3) is 3.93. The van der Waals surface area contributed by atoms with Crippen LogP contribution in [0, 0.1) is 11.3 Å². The van der Waals surface area contributed by atoms with E-state index in [0.717, 1.165) is 56.9 Å². The highest BCUT2D eigenvalue weighted by molar-refractivity contribution is 5.98. The Balaban J connectivity index is 1.52. The Hall–Kier alpha value is -1.39. The van der Waals surface area contributed by atoms with Gasteiger partial charge < -0.3 is 15.0 Å². The summed E-state index contributed by atoms with van der Waals surface area (Å²) in [4.78, 5) is 15.2. The largest absolute Gasteiger partial charge is 0.497 e. The van der Waals surface area contributed by atoms with E-state index in [2.05, 4.69) is 17.1 Å². The van der Waals surface area contributed by atoms with E-state index in [1.807, 2.05) is 24.3 Å². The topological polar surface area (TPSA) is 41.6 Å². The van der Waals surface area contributed by atoms with Crippen molar-refractivity contribution in [2.24, 2.45) is 11.3 Å². The van der Waals surface area contributed by atoms with Crippen molar-refractivity contribution < 1.29 is 9.53 Å². The highest BCUT2D eigenvalue weighted by atomic mass is 16.5. The second kappa shape index (κ2) is 7.02. The van der Waals surface area contributed by atoms with Crippen molar-refractivity contribution in [1.29, 1.82) is 0 Å². The van der Waals surface area contributed by atoms with Crippen LogP contribution in [0.25, 0.3) is 0 Å². The van der Waals surface area contributed by atoms with E-state index in [1.54, 1.807) is 7.11 Å². The molecule has 1 aromatic carbocycles. The summed E-state index contributed by atoms with van der Waals surface area (Å²) in [6.45, 7) is 7.88. The smallest absolute Gasteiger partial charge is 0.166 e. The summed E-state index contributed by atoms with van der Waals surface area (Å²) in [5, 5.41) is 3.47. The van der Waals surface area contributed by atoms with Crippen LogP contribution in [-0.2, 0) is 0 Å². The number of carbonyl (C=O) groups is 1. The molecule has 0 aromatic heterocycles. The van der Waals surface area contributed by atoms with E-state index in [1.165, 1.54) is 6.42 Å². The molecular formula is C19H28N2O2. The summed E-state index contributed by atoms with van der Waals surface area (Å²) < 4.78 is 5.16. The maximum Gasteiger partial charge on any atom is 0.166 e. The number of Topliss-reactive ketones (excluding diaryl/α,β-unsaturated/α-hetero) is 1. The molecule has 0 bridgehead atoms. The molecule has 4 heteroatoms. The van der Waals surface area contributed by atoms with Crippen molar-refractivity contribution in [2.45, 2.75) is 26.2 Å².